The molecule has 7 heteroatoms. The summed E-state index contributed by atoms with van der Waals surface area (Å²) >= 11 is 0. The number of alkyl halides is 3. The quantitative estimate of drug-likeness (QED) is 0.803. The summed E-state index contributed by atoms with van der Waals surface area (Å²) in [6.07, 6.45) is -3.18. The van der Waals surface area contributed by atoms with Gasteiger partial charge in [0.05, 0.1) is 19.3 Å². The first-order chi connectivity index (χ1) is 10.3. The Hall–Kier alpha value is -0.370. The van der Waals surface area contributed by atoms with Gasteiger partial charge in [0, 0.05) is 45.3 Å². The molecule has 2 aliphatic heterocycles. The highest BCUT2D eigenvalue weighted by atomic mass is 19.4. The first-order valence-electron chi connectivity index (χ1n) is 8.18. The SMILES string of the molecule is CC(C)CN1CCO[C@@H](CN[C@H]2CCN(CC(F)(F)F)C2)C1. The average Bonchev–Trinajstić information content (AvgIpc) is 2.81. The molecule has 0 radical (unpaired) electrons. The molecule has 0 bridgehead atoms. The van der Waals surface area contributed by atoms with Gasteiger partial charge in [-0.25, -0.2) is 0 Å². The summed E-state index contributed by atoms with van der Waals surface area (Å²) in [5.41, 5.74) is 0. The summed E-state index contributed by atoms with van der Waals surface area (Å²) in [5.74, 6) is 0.637. The fraction of sp³-hybridized carbons (Fsp3) is 1.00. The van der Waals surface area contributed by atoms with Crippen LogP contribution in [0.1, 0.15) is 20.3 Å². The standard InChI is InChI=1S/C15H28F3N3O/c1-12(2)8-20-5-6-22-14(10-20)7-19-13-3-4-21(9-13)11-15(16,17)18/h12-14,19H,3-11H2,1-2H3/t13-,14-/m0/s1. The number of rotatable bonds is 6. The maximum atomic E-state index is 12.4. The predicted molar refractivity (Wildman–Crippen MR) is 79.9 cm³/mol. The largest absolute Gasteiger partial charge is 0.401 e. The molecule has 0 saturated carbocycles. The Bertz CT molecular complexity index is 338. The second-order valence-electron chi connectivity index (χ2n) is 6.89. The highest BCUT2D eigenvalue weighted by Gasteiger charge is 2.34. The number of halogens is 3. The smallest absolute Gasteiger partial charge is 0.374 e. The van der Waals surface area contributed by atoms with Gasteiger partial charge < -0.3 is 10.1 Å². The number of nitrogens with zero attached hydrogens (tertiary/aromatic N) is 2. The molecule has 4 nitrogen and oxygen atoms in total. The van der Waals surface area contributed by atoms with Crippen molar-refractivity contribution in [1.82, 2.24) is 15.1 Å². The summed E-state index contributed by atoms with van der Waals surface area (Å²) < 4.78 is 42.9. The molecule has 2 atom stereocenters. The van der Waals surface area contributed by atoms with Crippen LogP contribution in [-0.2, 0) is 4.74 Å². The van der Waals surface area contributed by atoms with Crippen LogP contribution < -0.4 is 5.32 Å². The molecule has 0 spiro atoms. The zero-order valence-corrected chi connectivity index (χ0v) is 13.5. The Morgan fingerprint density at radius 1 is 1.18 bits per heavy atom. The lowest BCUT2D eigenvalue weighted by Crippen LogP contribution is -2.49. The second-order valence-corrected chi connectivity index (χ2v) is 6.89. The van der Waals surface area contributed by atoms with Gasteiger partial charge in [-0.1, -0.05) is 13.8 Å². The summed E-state index contributed by atoms with van der Waals surface area (Å²) in [6, 6.07) is 0.145. The normalized spacial score (nSPS) is 28.6. The summed E-state index contributed by atoms with van der Waals surface area (Å²) in [6.45, 7) is 9.01. The zero-order chi connectivity index (χ0) is 16.2. The third-order valence-electron chi connectivity index (χ3n) is 4.16. The molecule has 130 valence electrons. The van der Waals surface area contributed by atoms with E-state index in [1.165, 1.54) is 4.90 Å². The van der Waals surface area contributed by atoms with Crippen molar-refractivity contribution < 1.29 is 17.9 Å². The minimum absolute atomic E-state index is 0.143. The van der Waals surface area contributed by atoms with E-state index in [2.05, 4.69) is 24.1 Å². The Labute approximate surface area is 131 Å². The highest BCUT2D eigenvalue weighted by molar-refractivity contribution is 4.84. The van der Waals surface area contributed by atoms with Crippen molar-refractivity contribution in [3.8, 4) is 0 Å². The fourth-order valence-electron chi connectivity index (χ4n) is 3.28. The van der Waals surface area contributed by atoms with Crippen molar-refractivity contribution in [3.63, 3.8) is 0 Å². The molecule has 2 fully saturated rings. The van der Waals surface area contributed by atoms with Gasteiger partial charge in [-0.05, 0) is 12.3 Å². The third kappa shape index (κ3) is 6.40. The number of ether oxygens (including phenoxy) is 1. The van der Waals surface area contributed by atoms with Crippen LogP contribution in [0.25, 0.3) is 0 Å². The van der Waals surface area contributed by atoms with E-state index in [0.29, 0.717) is 19.0 Å². The Balaban J connectivity index is 1.66. The van der Waals surface area contributed by atoms with Gasteiger partial charge in [0.25, 0.3) is 0 Å². The topological polar surface area (TPSA) is 27.7 Å². The third-order valence-corrected chi connectivity index (χ3v) is 4.16. The van der Waals surface area contributed by atoms with E-state index < -0.39 is 12.7 Å². The molecule has 0 unspecified atom stereocenters. The van der Waals surface area contributed by atoms with Gasteiger partial charge >= 0.3 is 6.18 Å². The number of morpholine rings is 1. The number of hydrogen-bond donors (Lipinski definition) is 1. The molecular formula is C15H28F3N3O. The van der Waals surface area contributed by atoms with Crippen LogP contribution in [0.4, 0.5) is 13.2 Å². The van der Waals surface area contributed by atoms with E-state index in [4.69, 9.17) is 4.74 Å². The van der Waals surface area contributed by atoms with Crippen molar-refractivity contribution in [3.05, 3.63) is 0 Å². The van der Waals surface area contributed by atoms with Gasteiger partial charge in [0.15, 0.2) is 0 Å². The molecule has 22 heavy (non-hydrogen) atoms. The molecule has 2 saturated heterocycles. The van der Waals surface area contributed by atoms with Gasteiger partial charge in [-0.2, -0.15) is 13.2 Å². The van der Waals surface area contributed by atoms with Crippen molar-refractivity contribution in [2.75, 3.05) is 52.4 Å². The van der Waals surface area contributed by atoms with Gasteiger partial charge in [0.1, 0.15) is 0 Å². The molecule has 0 aliphatic carbocycles. The molecule has 2 aliphatic rings. The Morgan fingerprint density at radius 3 is 2.64 bits per heavy atom. The molecular weight excluding hydrogens is 295 g/mol. The lowest BCUT2D eigenvalue weighted by Gasteiger charge is -2.34. The van der Waals surface area contributed by atoms with E-state index in [1.54, 1.807) is 0 Å². The van der Waals surface area contributed by atoms with E-state index in [0.717, 1.165) is 39.2 Å². The molecule has 0 aromatic heterocycles. The lowest BCUT2D eigenvalue weighted by atomic mass is 10.1. The van der Waals surface area contributed by atoms with Crippen LogP contribution in [0.5, 0.6) is 0 Å². The van der Waals surface area contributed by atoms with Crippen LogP contribution in [0.2, 0.25) is 0 Å². The van der Waals surface area contributed by atoms with E-state index in [9.17, 15) is 13.2 Å². The molecule has 1 N–H and O–H groups in total. The maximum Gasteiger partial charge on any atom is 0.401 e. The van der Waals surface area contributed by atoms with Crippen LogP contribution in [0.3, 0.4) is 0 Å². The van der Waals surface area contributed by atoms with Crippen molar-refractivity contribution in [2.24, 2.45) is 5.92 Å². The molecule has 0 amide bonds. The highest BCUT2D eigenvalue weighted by Crippen LogP contribution is 2.20. The summed E-state index contributed by atoms with van der Waals surface area (Å²) in [5, 5.41) is 3.38. The average molecular weight is 323 g/mol. The van der Waals surface area contributed by atoms with E-state index in [1.807, 2.05) is 0 Å². The minimum atomic E-state index is -4.10. The lowest BCUT2D eigenvalue weighted by molar-refractivity contribution is -0.143. The van der Waals surface area contributed by atoms with E-state index in [-0.39, 0.29) is 12.1 Å². The Kier molecular flexibility index (Phi) is 6.49. The fourth-order valence-corrected chi connectivity index (χ4v) is 3.28. The zero-order valence-electron chi connectivity index (χ0n) is 13.5. The monoisotopic (exact) mass is 323 g/mol. The van der Waals surface area contributed by atoms with E-state index >= 15 is 0 Å². The van der Waals surface area contributed by atoms with Crippen LogP contribution in [-0.4, -0.2) is 80.5 Å². The van der Waals surface area contributed by atoms with Crippen LogP contribution in [0.15, 0.2) is 0 Å². The Morgan fingerprint density at radius 2 is 1.95 bits per heavy atom. The van der Waals surface area contributed by atoms with Crippen molar-refractivity contribution in [1.29, 1.82) is 0 Å². The number of likely N-dealkylation sites (tertiary alicyclic amines) is 1. The minimum Gasteiger partial charge on any atom is -0.374 e. The number of hydrogen-bond acceptors (Lipinski definition) is 4. The van der Waals surface area contributed by atoms with Crippen molar-refractivity contribution >= 4 is 0 Å². The van der Waals surface area contributed by atoms with Crippen LogP contribution in [0, 0.1) is 5.92 Å². The summed E-state index contributed by atoms with van der Waals surface area (Å²) in [4.78, 5) is 3.88. The van der Waals surface area contributed by atoms with Crippen molar-refractivity contribution in [2.45, 2.75) is 38.6 Å². The first-order valence-corrected chi connectivity index (χ1v) is 8.18. The van der Waals surface area contributed by atoms with Gasteiger partial charge in [-0.3, -0.25) is 9.80 Å². The molecule has 0 aromatic rings. The molecule has 2 rings (SSSR count). The number of nitrogens with one attached hydrogen (secondary N) is 1. The maximum absolute atomic E-state index is 12.4. The molecule has 0 aromatic carbocycles. The first kappa shape index (κ1) is 18.0. The molecule has 2 heterocycles. The summed E-state index contributed by atoms with van der Waals surface area (Å²) in [7, 11) is 0. The van der Waals surface area contributed by atoms with Gasteiger partial charge in [0.2, 0.25) is 0 Å². The van der Waals surface area contributed by atoms with Crippen LogP contribution >= 0.6 is 0 Å². The van der Waals surface area contributed by atoms with Gasteiger partial charge in [-0.15, -0.1) is 0 Å². The predicted octanol–water partition coefficient (Wildman–Crippen LogP) is 1.57. The second kappa shape index (κ2) is 7.95.